The fourth-order valence-corrected chi connectivity index (χ4v) is 1.93. The molecule has 0 heterocycles. The van der Waals surface area contributed by atoms with E-state index in [1.165, 1.54) is 0 Å². The lowest BCUT2D eigenvalue weighted by Gasteiger charge is -2.22. The number of thiocarbonyl (C=S) groups is 1. The third-order valence-corrected chi connectivity index (χ3v) is 2.93. The number of nitrogens with zero attached hydrogens (tertiary/aromatic N) is 1. The molecule has 94 valence electrons. The summed E-state index contributed by atoms with van der Waals surface area (Å²) in [6.07, 6.45) is 0.941. The summed E-state index contributed by atoms with van der Waals surface area (Å²) in [6.45, 7) is 1.59. The van der Waals surface area contributed by atoms with E-state index in [-0.39, 0.29) is 0 Å². The van der Waals surface area contributed by atoms with Gasteiger partial charge in [0.2, 0.25) is 0 Å². The van der Waals surface area contributed by atoms with Gasteiger partial charge in [-0.1, -0.05) is 23.8 Å². The minimum Gasteiger partial charge on any atom is -0.389 e. The van der Waals surface area contributed by atoms with Crippen molar-refractivity contribution in [2.24, 2.45) is 5.73 Å². The summed E-state index contributed by atoms with van der Waals surface area (Å²) in [5.41, 5.74) is 7.50. The van der Waals surface area contributed by atoms with Gasteiger partial charge in [-0.15, -0.1) is 0 Å². The van der Waals surface area contributed by atoms with Gasteiger partial charge in [-0.2, -0.15) is 0 Å². The van der Waals surface area contributed by atoms with Crippen molar-refractivity contribution in [3.05, 3.63) is 28.8 Å². The second-order valence-electron chi connectivity index (χ2n) is 3.79. The van der Waals surface area contributed by atoms with Gasteiger partial charge >= 0.3 is 0 Å². The summed E-state index contributed by atoms with van der Waals surface area (Å²) in [5, 5.41) is 0.679. The third-order valence-electron chi connectivity index (χ3n) is 2.48. The predicted molar refractivity (Wildman–Crippen MR) is 77.1 cm³/mol. The number of halogens is 1. The number of hydrogen-bond acceptors (Lipinski definition) is 3. The lowest BCUT2D eigenvalue weighted by Crippen LogP contribution is -2.23. The second kappa shape index (κ2) is 6.79. The summed E-state index contributed by atoms with van der Waals surface area (Å²) in [6, 6.07) is 5.53. The van der Waals surface area contributed by atoms with Gasteiger partial charge in [0, 0.05) is 43.6 Å². The molecule has 0 unspecified atom stereocenters. The number of nitrogens with two attached hydrogens (primary N) is 1. The molecule has 0 bridgehead atoms. The number of methoxy groups -OCH3 is 1. The smallest absolute Gasteiger partial charge is 0.106 e. The van der Waals surface area contributed by atoms with Crippen LogP contribution in [0.1, 0.15) is 12.0 Å². The highest BCUT2D eigenvalue weighted by atomic mass is 35.5. The Balaban J connectivity index is 2.86. The highest BCUT2D eigenvalue weighted by molar-refractivity contribution is 7.80. The minimum absolute atomic E-state index is 0.384. The summed E-state index contributed by atoms with van der Waals surface area (Å²) < 4.78 is 5.03. The molecule has 0 spiro atoms. The summed E-state index contributed by atoms with van der Waals surface area (Å²) in [7, 11) is 3.68. The van der Waals surface area contributed by atoms with E-state index in [1.54, 1.807) is 13.2 Å². The van der Waals surface area contributed by atoms with Gasteiger partial charge < -0.3 is 15.4 Å². The average molecular weight is 273 g/mol. The Bertz CT molecular complexity index is 398. The molecule has 3 nitrogen and oxygen atoms in total. The van der Waals surface area contributed by atoms with Crippen LogP contribution in [0.5, 0.6) is 0 Å². The lowest BCUT2D eigenvalue weighted by atomic mass is 10.1. The Morgan fingerprint density at radius 2 is 2.24 bits per heavy atom. The van der Waals surface area contributed by atoms with Crippen molar-refractivity contribution in [1.29, 1.82) is 0 Å². The van der Waals surface area contributed by atoms with Crippen LogP contribution in [0.3, 0.4) is 0 Å². The van der Waals surface area contributed by atoms with Crippen LogP contribution < -0.4 is 10.6 Å². The molecule has 17 heavy (non-hydrogen) atoms. The normalized spacial score (nSPS) is 10.3. The zero-order valence-electron chi connectivity index (χ0n) is 10.1. The van der Waals surface area contributed by atoms with E-state index >= 15 is 0 Å². The Labute approximate surface area is 112 Å². The largest absolute Gasteiger partial charge is 0.389 e. The molecule has 0 atom stereocenters. The number of rotatable bonds is 6. The van der Waals surface area contributed by atoms with Crippen molar-refractivity contribution in [3.8, 4) is 0 Å². The van der Waals surface area contributed by atoms with E-state index in [9.17, 15) is 0 Å². The number of benzene rings is 1. The van der Waals surface area contributed by atoms with Crippen molar-refractivity contribution in [3.63, 3.8) is 0 Å². The van der Waals surface area contributed by atoms with Gasteiger partial charge in [-0.3, -0.25) is 0 Å². The van der Waals surface area contributed by atoms with Crippen LogP contribution in [0.25, 0.3) is 0 Å². The zero-order valence-corrected chi connectivity index (χ0v) is 11.6. The van der Waals surface area contributed by atoms with E-state index in [2.05, 4.69) is 4.90 Å². The molecule has 0 aliphatic rings. The molecule has 0 fully saturated rings. The Morgan fingerprint density at radius 3 is 2.82 bits per heavy atom. The van der Waals surface area contributed by atoms with Gasteiger partial charge in [0.05, 0.1) is 0 Å². The van der Waals surface area contributed by atoms with Crippen molar-refractivity contribution < 1.29 is 4.74 Å². The number of anilines is 1. The van der Waals surface area contributed by atoms with Crippen LogP contribution in [0.4, 0.5) is 5.69 Å². The average Bonchev–Trinajstić information content (AvgIpc) is 2.28. The Morgan fingerprint density at radius 1 is 1.53 bits per heavy atom. The van der Waals surface area contributed by atoms with Crippen LogP contribution in [0, 0.1) is 0 Å². The maximum Gasteiger partial charge on any atom is 0.106 e. The van der Waals surface area contributed by atoms with Crippen LogP contribution in [0.15, 0.2) is 18.2 Å². The van der Waals surface area contributed by atoms with Crippen molar-refractivity contribution in [2.75, 3.05) is 32.2 Å². The van der Waals surface area contributed by atoms with E-state index in [0.29, 0.717) is 10.0 Å². The third kappa shape index (κ3) is 4.15. The fourth-order valence-electron chi connectivity index (χ4n) is 1.60. The van der Waals surface area contributed by atoms with E-state index < -0.39 is 0 Å². The van der Waals surface area contributed by atoms with Crippen LogP contribution in [-0.2, 0) is 4.74 Å². The first-order valence-electron chi connectivity index (χ1n) is 5.35. The van der Waals surface area contributed by atoms with Gasteiger partial charge in [-0.05, 0) is 24.6 Å². The summed E-state index contributed by atoms with van der Waals surface area (Å²) in [5.74, 6) is 0. The van der Waals surface area contributed by atoms with E-state index in [0.717, 1.165) is 30.8 Å². The first-order chi connectivity index (χ1) is 8.06. The molecule has 0 radical (unpaired) electrons. The first-order valence-corrected chi connectivity index (χ1v) is 6.14. The van der Waals surface area contributed by atoms with Gasteiger partial charge in [0.1, 0.15) is 4.99 Å². The maximum absolute atomic E-state index is 5.99. The molecule has 0 saturated heterocycles. The molecular weight excluding hydrogens is 256 g/mol. The fraction of sp³-hybridized carbons (Fsp3) is 0.417. The van der Waals surface area contributed by atoms with E-state index in [1.807, 2.05) is 19.2 Å². The highest BCUT2D eigenvalue weighted by Crippen LogP contribution is 2.24. The zero-order chi connectivity index (χ0) is 12.8. The van der Waals surface area contributed by atoms with Crippen molar-refractivity contribution in [1.82, 2.24) is 0 Å². The number of hydrogen-bond donors (Lipinski definition) is 1. The molecule has 0 aliphatic heterocycles. The molecule has 0 aromatic heterocycles. The van der Waals surface area contributed by atoms with Crippen molar-refractivity contribution in [2.45, 2.75) is 6.42 Å². The molecule has 1 aromatic carbocycles. The predicted octanol–water partition coefficient (Wildman–Crippen LogP) is 2.45. The van der Waals surface area contributed by atoms with Gasteiger partial charge in [-0.25, -0.2) is 0 Å². The van der Waals surface area contributed by atoms with Crippen LogP contribution in [-0.4, -0.2) is 32.3 Å². The molecule has 5 heteroatoms. The van der Waals surface area contributed by atoms with Crippen LogP contribution in [0.2, 0.25) is 5.02 Å². The number of ether oxygens (including phenoxy) is 1. The van der Waals surface area contributed by atoms with Crippen molar-refractivity contribution >= 4 is 34.5 Å². The second-order valence-corrected chi connectivity index (χ2v) is 4.67. The molecule has 0 saturated carbocycles. The molecular formula is C12H17ClN2OS. The first kappa shape index (κ1) is 14.2. The topological polar surface area (TPSA) is 38.5 Å². The SMILES string of the molecule is COCCCN(C)c1cc(Cl)ccc1C(N)=S. The summed E-state index contributed by atoms with van der Waals surface area (Å²) in [4.78, 5) is 2.47. The quantitative estimate of drug-likeness (QED) is 0.638. The Kier molecular flexibility index (Phi) is 5.68. The molecule has 2 N–H and O–H groups in total. The van der Waals surface area contributed by atoms with Gasteiger partial charge in [0.25, 0.3) is 0 Å². The maximum atomic E-state index is 5.99. The highest BCUT2D eigenvalue weighted by Gasteiger charge is 2.10. The monoisotopic (exact) mass is 272 g/mol. The molecule has 0 amide bonds. The Hall–Kier alpha value is -0.840. The minimum atomic E-state index is 0.384. The molecule has 0 aliphatic carbocycles. The van der Waals surface area contributed by atoms with E-state index in [4.69, 9.17) is 34.3 Å². The summed E-state index contributed by atoms with van der Waals surface area (Å²) >= 11 is 11.0. The lowest BCUT2D eigenvalue weighted by molar-refractivity contribution is 0.196. The standard InChI is InChI=1S/C12H17ClN2OS/c1-15(6-3-7-16-2)11-8-9(13)4-5-10(11)12(14)17/h4-5,8H,3,6-7H2,1-2H3,(H2,14,17). The van der Waals surface area contributed by atoms with Gasteiger partial charge in [0.15, 0.2) is 0 Å². The van der Waals surface area contributed by atoms with Crippen LogP contribution >= 0.6 is 23.8 Å². The molecule has 1 rings (SSSR count). The molecule has 1 aromatic rings.